The van der Waals surface area contributed by atoms with E-state index in [4.69, 9.17) is 9.26 Å². The Hall–Kier alpha value is -2.14. The van der Waals surface area contributed by atoms with Crippen LogP contribution in [-0.4, -0.2) is 34.7 Å². The van der Waals surface area contributed by atoms with Crippen molar-refractivity contribution >= 4 is 5.91 Å². The Morgan fingerprint density at radius 2 is 2.04 bits per heavy atom. The molecule has 0 N–H and O–H groups in total. The monoisotopic (exact) mass is 328 g/mol. The number of benzene rings is 1. The van der Waals surface area contributed by atoms with Crippen LogP contribution in [0.1, 0.15) is 54.3 Å². The number of aromatic nitrogens is 1. The van der Waals surface area contributed by atoms with Crippen molar-refractivity contribution in [1.82, 2.24) is 10.1 Å². The third kappa shape index (κ3) is 2.96. The second kappa shape index (κ2) is 6.40. The van der Waals surface area contributed by atoms with Crippen molar-refractivity contribution in [3.05, 3.63) is 52.9 Å². The van der Waals surface area contributed by atoms with E-state index in [0.29, 0.717) is 30.9 Å². The Morgan fingerprint density at radius 1 is 1.33 bits per heavy atom. The van der Waals surface area contributed by atoms with Crippen LogP contribution in [-0.2, 0) is 11.2 Å². The van der Waals surface area contributed by atoms with Gasteiger partial charge in [0.1, 0.15) is 17.4 Å². The van der Waals surface area contributed by atoms with Gasteiger partial charge in [-0.05, 0) is 32.8 Å². The Labute approximate surface area is 142 Å². The number of carbonyl (C=O) groups is 1. The van der Waals surface area contributed by atoms with Crippen molar-refractivity contribution in [2.24, 2.45) is 0 Å². The number of aryl methyl sites for hydroxylation is 2. The molecule has 1 unspecified atom stereocenters. The van der Waals surface area contributed by atoms with E-state index < -0.39 is 0 Å². The minimum atomic E-state index is -0.378. The first-order valence-corrected chi connectivity index (χ1v) is 8.37. The van der Waals surface area contributed by atoms with Crippen LogP contribution in [0.5, 0.6) is 0 Å². The second-order valence-corrected chi connectivity index (χ2v) is 6.85. The molecular formula is C19H24N2O3. The highest BCUT2D eigenvalue weighted by molar-refractivity contribution is 5.96. The molecule has 2 aromatic rings. The molecule has 2 heterocycles. The summed E-state index contributed by atoms with van der Waals surface area (Å²) in [7, 11) is 0. The zero-order chi connectivity index (χ0) is 17.3. The number of ether oxygens (including phenoxy) is 1. The molecule has 0 bridgehead atoms. The van der Waals surface area contributed by atoms with E-state index in [1.807, 2.05) is 56.0 Å². The van der Waals surface area contributed by atoms with Crippen molar-refractivity contribution in [3.63, 3.8) is 0 Å². The maximum Gasteiger partial charge on any atom is 0.260 e. The van der Waals surface area contributed by atoms with Crippen LogP contribution in [0.15, 0.2) is 34.9 Å². The summed E-state index contributed by atoms with van der Waals surface area (Å²) in [4.78, 5) is 15.1. The molecule has 3 rings (SSSR count). The van der Waals surface area contributed by atoms with Crippen LogP contribution >= 0.6 is 0 Å². The second-order valence-electron chi connectivity index (χ2n) is 6.85. The molecule has 1 aliphatic heterocycles. The number of amides is 1. The van der Waals surface area contributed by atoms with Crippen LogP contribution in [0.2, 0.25) is 0 Å². The fourth-order valence-corrected chi connectivity index (χ4v) is 3.14. The first-order chi connectivity index (χ1) is 11.4. The summed E-state index contributed by atoms with van der Waals surface area (Å²) in [5.74, 6) is 0.551. The summed E-state index contributed by atoms with van der Waals surface area (Å²) in [5.41, 5.74) is 2.02. The van der Waals surface area contributed by atoms with Crippen molar-refractivity contribution in [2.75, 3.05) is 13.2 Å². The Bertz CT molecular complexity index is 721. The summed E-state index contributed by atoms with van der Waals surface area (Å²) in [6.07, 6.45) is 0.555. The molecule has 1 aromatic heterocycles. The fourth-order valence-electron chi connectivity index (χ4n) is 3.14. The summed E-state index contributed by atoms with van der Waals surface area (Å²) in [6.45, 7) is 8.84. The van der Waals surface area contributed by atoms with Gasteiger partial charge < -0.3 is 14.2 Å². The van der Waals surface area contributed by atoms with Crippen LogP contribution < -0.4 is 0 Å². The van der Waals surface area contributed by atoms with Gasteiger partial charge >= 0.3 is 0 Å². The van der Waals surface area contributed by atoms with E-state index in [-0.39, 0.29) is 17.6 Å². The third-order valence-corrected chi connectivity index (χ3v) is 4.62. The van der Waals surface area contributed by atoms with Crippen LogP contribution in [0.25, 0.3) is 0 Å². The smallest absolute Gasteiger partial charge is 0.260 e. The molecular weight excluding hydrogens is 304 g/mol. The molecule has 24 heavy (non-hydrogen) atoms. The molecule has 0 radical (unpaired) electrons. The van der Waals surface area contributed by atoms with Gasteiger partial charge in [-0.25, -0.2) is 0 Å². The van der Waals surface area contributed by atoms with Crippen LogP contribution in [0.3, 0.4) is 0 Å². The van der Waals surface area contributed by atoms with E-state index >= 15 is 0 Å². The summed E-state index contributed by atoms with van der Waals surface area (Å²) in [6, 6.07) is 10.0. The predicted molar refractivity (Wildman–Crippen MR) is 90.9 cm³/mol. The standard InChI is InChI=1S/C19H24N2O3/c1-5-15-17(13(2)24-20-15)18(22)21-11-16(23-12-19(21,3)4)14-9-7-6-8-10-14/h6-10,16H,5,11-12H2,1-4H3. The van der Waals surface area contributed by atoms with E-state index in [1.165, 1.54) is 0 Å². The number of hydrogen-bond acceptors (Lipinski definition) is 4. The number of rotatable bonds is 3. The summed E-state index contributed by atoms with van der Waals surface area (Å²) in [5, 5.41) is 4.02. The van der Waals surface area contributed by atoms with Gasteiger partial charge in [-0.1, -0.05) is 42.4 Å². The van der Waals surface area contributed by atoms with E-state index in [1.54, 1.807) is 6.92 Å². The minimum absolute atomic E-state index is 0.0279. The Kier molecular flexibility index (Phi) is 4.45. The maximum atomic E-state index is 13.2. The van der Waals surface area contributed by atoms with Crippen molar-refractivity contribution in [2.45, 2.75) is 45.8 Å². The van der Waals surface area contributed by atoms with Gasteiger partial charge in [0, 0.05) is 0 Å². The largest absolute Gasteiger partial charge is 0.369 e. The van der Waals surface area contributed by atoms with Crippen LogP contribution in [0.4, 0.5) is 0 Å². The molecule has 1 amide bonds. The fraction of sp³-hybridized carbons (Fsp3) is 0.474. The topological polar surface area (TPSA) is 55.6 Å². The lowest BCUT2D eigenvalue weighted by Crippen LogP contribution is -2.56. The average Bonchev–Trinajstić information content (AvgIpc) is 2.95. The summed E-state index contributed by atoms with van der Waals surface area (Å²) < 4.78 is 11.3. The van der Waals surface area contributed by atoms with Gasteiger partial charge in [-0.3, -0.25) is 4.79 Å². The lowest BCUT2D eigenvalue weighted by molar-refractivity contribution is -0.0847. The highest BCUT2D eigenvalue weighted by atomic mass is 16.5. The SMILES string of the molecule is CCc1noc(C)c1C(=O)N1CC(c2ccccc2)OCC1(C)C. The van der Waals surface area contributed by atoms with Gasteiger partial charge in [0.15, 0.2) is 0 Å². The Balaban J connectivity index is 1.91. The lowest BCUT2D eigenvalue weighted by Gasteiger charge is -2.45. The molecule has 1 saturated heterocycles. The normalized spacial score (nSPS) is 20.2. The highest BCUT2D eigenvalue weighted by Crippen LogP contribution is 2.32. The number of hydrogen-bond donors (Lipinski definition) is 0. The molecule has 5 heteroatoms. The molecule has 1 fully saturated rings. The molecule has 1 aliphatic rings. The predicted octanol–water partition coefficient (Wildman–Crippen LogP) is 3.54. The van der Waals surface area contributed by atoms with E-state index in [9.17, 15) is 4.79 Å². The maximum absolute atomic E-state index is 13.2. The van der Waals surface area contributed by atoms with Crippen LogP contribution in [0, 0.1) is 6.92 Å². The molecule has 0 spiro atoms. The van der Waals surface area contributed by atoms with Gasteiger partial charge in [0.25, 0.3) is 5.91 Å². The highest BCUT2D eigenvalue weighted by Gasteiger charge is 2.40. The number of carbonyl (C=O) groups excluding carboxylic acids is 1. The first-order valence-electron chi connectivity index (χ1n) is 8.37. The molecule has 0 aliphatic carbocycles. The van der Waals surface area contributed by atoms with Gasteiger partial charge in [-0.15, -0.1) is 0 Å². The van der Waals surface area contributed by atoms with Gasteiger partial charge in [0.2, 0.25) is 0 Å². The molecule has 5 nitrogen and oxygen atoms in total. The first kappa shape index (κ1) is 16.7. The molecule has 0 saturated carbocycles. The molecule has 1 atom stereocenters. The van der Waals surface area contributed by atoms with Gasteiger partial charge in [-0.2, -0.15) is 0 Å². The molecule has 128 valence electrons. The lowest BCUT2D eigenvalue weighted by atomic mass is 9.96. The Morgan fingerprint density at radius 3 is 2.71 bits per heavy atom. The van der Waals surface area contributed by atoms with Crippen molar-refractivity contribution < 1.29 is 14.1 Å². The van der Waals surface area contributed by atoms with E-state index in [0.717, 1.165) is 11.3 Å². The minimum Gasteiger partial charge on any atom is -0.369 e. The average molecular weight is 328 g/mol. The van der Waals surface area contributed by atoms with Gasteiger partial charge in [0.05, 0.1) is 24.4 Å². The quantitative estimate of drug-likeness (QED) is 0.865. The zero-order valence-electron chi connectivity index (χ0n) is 14.7. The number of nitrogens with zero attached hydrogens (tertiary/aromatic N) is 2. The van der Waals surface area contributed by atoms with Crippen molar-refractivity contribution in [3.8, 4) is 0 Å². The zero-order valence-corrected chi connectivity index (χ0v) is 14.7. The summed E-state index contributed by atoms with van der Waals surface area (Å²) >= 11 is 0. The molecule has 1 aromatic carbocycles. The van der Waals surface area contributed by atoms with E-state index in [2.05, 4.69) is 5.16 Å². The number of morpholine rings is 1. The van der Waals surface area contributed by atoms with Crippen molar-refractivity contribution in [1.29, 1.82) is 0 Å². The third-order valence-electron chi connectivity index (χ3n) is 4.62.